The van der Waals surface area contributed by atoms with Crippen molar-refractivity contribution in [3.05, 3.63) is 59.9 Å². The minimum atomic E-state index is -3.64. The summed E-state index contributed by atoms with van der Waals surface area (Å²) < 4.78 is 41.0. The first-order chi connectivity index (χ1) is 15.8. The van der Waals surface area contributed by atoms with Crippen LogP contribution in [0.2, 0.25) is 0 Å². The Morgan fingerprint density at radius 1 is 1.12 bits per heavy atom. The van der Waals surface area contributed by atoms with E-state index in [1.54, 1.807) is 24.3 Å². The smallest absolute Gasteiger partial charge is 0.243 e. The Morgan fingerprint density at radius 2 is 1.76 bits per heavy atom. The maximum atomic E-state index is 13.2. The van der Waals surface area contributed by atoms with E-state index in [1.165, 1.54) is 35.5 Å². The van der Waals surface area contributed by atoms with Crippen molar-refractivity contribution in [2.45, 2.75) is 36.7 Å². The molecule has 1 fully saturated rings. The van der Waals surface area contributed by atoms with E-state index in [-0.39, 0.29) is 29.0 Å². The third kappa shape index (κ3) is 5.75. The van der Waals surface area contributed by atoms with Gasteiger partial charge in [0, 0.05) is 38.8 Å². The largest absolute Gasteiger partial charge is 0.368 e. The summed E-state index contributed by atoms with van der Waals surface area (Å²) in [6.07, 6.45) is 1.18. The number of rotatable bonds is 5. The molecule has 0 radical (unpaired) electrons. The molecule has 1 amide bonds. The number of amides is 1. The molecule has 3 N–H and O–H groups in total. The van der Waals surface area contributed by atoms with Crippen molar-refractivity contribution in [3.63, 3.8) is 0 Å². The Morgan fingerprint density at radius 3 is 2.38 bits per heavy atom. The third-order valence-corrected chi connectivity index (χ3v) is 7.97. The van der Waals surface area contributed by atoms with Crippen LogP contribution in [0, 0.1) is 5.82 Å². The van der Waals surface area contributed by atoms with E-state index in [0.717, 1.165) is 17.9 Å². The van der Waals surface area contributed by atoms with Crippen molar-refractivity contribution in [1.82, 2.24) is 14.9 Å². The molecule has 0 aromatic heterocycles. The molecule has 8 nitrogen and oxygen atoms in total. The highest BCUT2D eigenvalue weighted by molar-refractivity contribution is 7.89. The average Bonchev–Trinajstić information content (AvgIpc) is 2.80. The van der Waals surface area contributed by atoms with Gasteiger partial charge in [-0.2, -0.15) is 4.31 Å². The van der Waals surface area contributed by atoms with Crippen LogP contribution in [0.3, 0.4) is 0 Å². The van der Waals surface area contributed by atoms with Crippen LogP contribution in [0.5, 0.6) is 0 Å². The summed E-state index contributed by atoms with van der Waals surface area (Å²) in [5.74, 6) is 0.345. The van der Waals surface area contributed by atoms with Gasteiger partial charge >= 0.3 is 0 Å². The molecule has 2 aliphatic rings. The molecular weight excluding hydrogens is 481 g/mol. The molecule has 0 aliphatic carbocycles. The number of carbonyl (C=O) groups excluding carboxylic acids is 1. The van der Waals surface area contributed by atoms with Crippen LogP contribution in [0.15, 0.2) is 58.4 Å². The van der Waals surface area contributed by atoms with Crippen LogP contribution < -0.4 is 16.0 Å². The molecule has 2 aromatic carbocycles. The Hall–Kier alpha value is -2.53. The molecule has 4 rings (SSSR count). The Labute approximate surface area is 205 Å². The number of nitrogens with zero attached hydrogens (tertiary/aromatic N) is 2. The Balaban J connectivity index is 0.00000324. The summed E-state index contributed by atoms with van der Waals surface area (Å²) in [6, 6.07) is 12.5. The molecular formula is C23H29ClFN5O3S. The van der Waals surface area contributed by atoms with Gasteiger partial charge in [0.1, 0.15) is 11.7 Å². The van der Waals surface area contributed by atoms with E-state index in [4.69, 9.17) is 0 Å². The van der Waals surface area contributed by atoms with Gasteiger partial charge in [-0.15, -0.1) is 12.4 Å². The second kappa shape index (κ2) is 10.8. The van der Waals surface area contributed by atoms with Crippen LogP contribution in [0.4, 0.5) is 10.1 Å². The van der Waals surface area contributed by atoms with Crippen LogP contribution >= 0.6 is 12.4 Å². The number of hydrogen-bond acceptors (Lipinski definition) is 6. The number of amidine groups is 1. The van der Waals surface area contributed by atoms with E-state index >= 15 is 0 Å². The average molecular weight is 510 g/mol. The summed E-state index contributed by atoms with van der Waals surface area (Å²) in [5.41, 5.74) is 1.10. The lowest BCUT2D eigenvalue weighted by molar-refractivity contribution is -0.114. The van der Waals surface area contributed by atoms with Gasteiger partial charge < -0.3 is 16.0 Å². The number of nitrogens with one attached hydrogen (secondary N) is 3. The third-order valence-electron chi connectivity index (χ3n) is 6.06. The zero-order valence-corrected chi connectivity index (χ0v) is 20.5. The first-order valence-corrected chi connectivity index (χ1v) is 12.4. The van der Waals surface area contributed by atoms with E-state index in [1.807, 2.05) is 0 Å². The Bertz CT molecular complexity index is 1130. The van der Waals surface area contributed by atoms with Crippen LogP contribution in [-0.2, 0) is 21.4 Å². The lowest BCUT2D eigenvalue weighted by Gasteiger charge is -2.44. The minimum absolute atomic E-state index is 0. The van der Waals surface area contributed by atoms with Gasteiger partial charge in [0.25, 0.3) is 0 Å². The van der Waals surface area contributed by atoms with Gasteiger partial charge in [-0.05, 0) is 54.8 Å². The molecule has 34 heavy (non-hydrogen) atoms. The number of carbonyl (C=O) groups is 1. The molecule has 2 heterocycles. The molecule has 1 saturated heterocycles. The standard InChI is InChI=1S/C23H28FN5O3S.ClH/c1-17(30)28-20-6-8-21(9-7-20)33(31,32)29-14-10-23(11-15-29)22(25-12-13-27-23)26-16-18-2-4-19(24)5-3-18;/h2-9,27H,10-16H2,1H3,(H,25,26)(H,28,30);1H. The number of aliphatic imine (C=N–C) groups is 1. The first kappa shape index (κ1) is 26.1. The molecule has 0 bridgehead atoms. The maximum absolute atomic E-state index is 13.2. The molecule has 1 spiro atoms. The fourth-order valence-corrected chi connectivity index (χ4v) is 5.74. The van der Waals surface area contributed by atoms with Gasteiger partial charge in [-0.25, -0.2) is 12.8 Å². The fraction of sp³-hybridized carbons (Fsp3) is 0.391. The van der Waals surface area contributed by atoms with Gasteiger partial charge in [-0.3, -0.25) is 9.79 Å². The van der Waals surface area contributed by atoms with Crippen LogP contribution in [0.1, 0.15) is 25.3 Å². The maximum Gasteiger partial charge on any atom is 0.243 e. The lowest BCUT2D eigenvalue weighted by atomic mass is 9.85. The van der Waals surface area contributed by atoms with E-state index in [2.05, 4.69) is 20.9 Å². The molecule has 11 heteroatoms. The summed E-state index contributed by atoms with van der Waals surface area (Å²) >= 11 is 0. The summed E-state index contributed by atoms with van der Waals surface area (Å²) in [5, 5.41) is 9.58. The van der Waals surface area contributed by atoms with Crippen LogP contribution in [0.25, 0.3) is 0 Å². The summed E-state index contributed by atoms with van der Waals surface area (Å²) in [4.78, 5) is 16.1. The monoisotopic (exact) mass is 509 g/mol. The van der Waals surface area contributed by atoms with Crippen molar-refractivity contribution in [3.8, 4) is 0 Å². The zero-order chi connectivity index (χ0) is 23.5. The highest BCUT2D eigenvalue weighted by Crippen LogP contribution is 2.29. The molecule has 2 aliphatic heterocycles. The second-order valence-electron chi connectivity index (χ2n) is 8.33. The number of anilines is 1. The quantitative estimate of drug-likeness (QED) is 0.574. The number of sulfonamides is 1. The SMILES string of the molecule is CC(=O)Nc1ccc(S(=O)(=O)N2CCC3(CC2)NCCN=C3NCc2ccc(F)cc2)cc1.Cl. The molecule has 184 valence electrons. The van der Waals surface area contributed by atoms with E-state index in [9.17, 15) is 17.6 Å². The predicted octanol–water partition coefficient (Wildman–Crippen LogP) is 2.52. The molecule has 0 atom stereocenters. The number of halogens is 2. The van der Waals surface area contributed by atoms with Gasteiger partial charge in [0.15, 0.2) is 0 Å². The summed E-state index contributed by atoms with van der Waals surface area (Å²) in [6.45, 7) is 4.03. The molecule has 2 aromatic rings. The van der Waals surface area contributed by atoms with Gasteiger partial charge in [0.05, 0.1) is 17.0 Å². The summed E-state index contributed by atoms with van der Waals surface area (Å²) in [7, 11) is -3.64. The second-order valence-corrected chi connectivity index (χ2v) is 10.3. The zero-order valence-electron chi connectivity index (χ0n) is 18.9. The first-order valence-electron chi connectivity index (χ1n) is 10.9. The number of benzene rings is 2. The lowest BCUT2D eigenvalue weighted by Crippen LogP contribution is -2.64. The highest BCUT2D eigenvalue weighted by Gasteiger charge is 2.43. The fourth-order valence-electron chi connectivity index (χ4n) is 4.30. The van der Waals surface area contributed by atoms with Crippen molar-refractivity contribution in [2.24, 2.45) is 4.99 Å². The van der Waals surface area contributed by atoms with Crippen LogP contribution in [-0.4, -0.2) is 56.2 Å². The van der Waals surface area contributed by atoms with Crippen molar-refractivity contribution < 1.29 is 17.6 Å². The Kier molecular flexibility index (Phi) is 8.29. The van der Waals surface area contributed by atoms with E-state index < -0.39 is 15.6 Å². The molecule has 0 unspecified atom stereocenters. The van der Waals surface area contributed by atoms with Gasteiger partial charge in [0.2, 0.25) is 15.9 Å². The van der Waals surface area contributed by atoms with Crippen molar-refractivity contribution >= 4 is 39.9 Å². The van der Waals surface area contributed by atoms with Crippen molar-refractivity contribution in [1.29, 1.82) is 0 Å². The van der Waals surface area contributed by atoms with Crippen molar-refractivity contribution in [2.75, 3.05) is 31.5 Å². The predicted molar refractivity (Wildman–Crippen MR) is 132 cm³/mol. The minimum Gasteiger partial charge on any atom is -0.368 e. The normalized spacial score (nSPS) is 18.0. The molecule has 0 saturated carbocycles. The number of hydrogen-bond donors (Lipinski definition) is 3. The number of piperidine rings is 1. The topological polar surface area (TPSA) is 103 Å². The highest BCUT2D eigenvalue weighted by atomic mass is 35.5. The van der Waals surface area contributed by atoms with E-state index in [0.29, 0.717) is 44.7 Å². The van der Waals surface area contributed by atoms with Gasteiger partial charge in [-0.1, -0.05) is 12.1 Å².